The van der Waals surface area contributed by atoms with Gasteiger partial charge in [0.05, 0.1) is 5.52 Å². The fraction of sp³-hybridized carbons (Fsp3) is 0.500. The Bertz CT molecular complexity index is 745. The van der Waals surface area contributed by atoms with E-state index in [2.05, 4.69) is 10.3 Å². The molecule has 0 radical (unpaired) electrons. The van der Waals surface area contributed by atoms with Crippen LogP contribution < -0.4 is 5.32 Å². The van der Waals surface area contributed by atoms with Crippen LogP contribution in [0.25, 0.3) is 5.52 Å². The zero-order chi connectivity index (χ0) is 17.1. The van der Waals surface area contributed by atoms with Crippen LogP contribution in [0.5, 0.6) is 0 Å². The van der Waals surface area contributed by atoms with E-state index >= 15 is 0 Å². The van der Waals surface area contributed by atoms with Crippen molar-refractivity contribution in [2.75, 3.05) is 19.6 Å². The lowest BCUT2D eigenvalue weighted by atomic mass is 10.1. The molecule has 0 unspecified atom stereocenters. The normalized spacial score (nSPS) is 15.0. The van der Waals surface area contributed by atoms with Crippen molar-refractivity contribution in [1.82, 2.24) is 19.6 Å². The van der Waals surface area contributed by atoms with E-state index in [1.54, 1.807) is 10.6 Å². The van der Waals surface area contributed by atoms with Crippen LogP contribution in [0.3, 0.4) is 0 Å². The molecule has 0 spiro atoms. The third-order valence-electron chi connectivity index (χ3n) is 4.27. The number of fused-ring (bicyclic) bond motifs is 1. The summed E-state index contributed by atoms with van der Waals surface area (Å²) in [4.78, 5) is 31.5. The number of nitrogens with zero attached hydrogens (tertiary/aromatic N) is 3. The maximum absolute atomic E-state index is 12.8. The number of aromatic nitrogens is 2. The molecule has 1 saturated heterocycles. The van der Waals surface area contributed by atoms with E-state index in [1.165, 1.54) is 0 Å². The number of hydrogen-bond donors (Lipinski definition) is 1. The summed E-state index contributed by atoms with van der Waals surface area (Å²) in [6, 6.07) is 5.53. The summed E-state index contributed by atoms with van der Waals surface area (Å²) in [5.74, 6) is 0.296. The summed E-state index contributed by atoms with van der Waals surface area (Å²) in [5, 5.41) is 2.88. The van der Waals surface area contributed by atoms with Gasteiger partial charge in [-0.1, -0.05) is 19.9 Å². The van der Waals surface area contributed by atoms with Crippen LogP contribution in [-0.4, -0.2) is 45.7 Å². The highest BCUT2D eigenvalue weighted by Gasteiger charge is 2.25. The molecule has 0 atom stereocenters. The molecule has 2 amide bonds. The van der Waals surface area contributed by atoms with Gasteiger partial charge in [-0.3, -0.25) is 14.0 Å². The van der Waals surface area contributed by atoms with Gasteiger partial charge in [0.15, 0.2) is 5.69 Å². The average molecular weight is 328 g/mol. The fourth-order valence-corrected chi connectivity index (χ4v) is 2.98. The van der Waals surface area contributed by atoms with Gasteiger partial charge < -0.3 is 10.2 Å². The molecule has 1 fully saturated rings. The molecule has 0 saturated carbocycles. The van der Waals surface area contributed by atoms with Crippen molar-refractivity contribution in [3.05, 3.63) is 35.9 Å². The molecule has 1 aliphatic heterocycles. The Morgan fingerprint density at radius 1 is 1.21 bits per heavy atom. The first-order valence-corrected chi connectivity index (χ1v) is 8.62. The number of likely N-dealkylation sites (tertiary alicyclic amines) is 1. The third-order valence-corrected chi connectivity index (χ3v) is 4.27. The van der Waals surface area contributed by atoms with E-state index in [9.17, 15) is 9.59 Å². The number of piperidine rings is 1. The van der Waals surface area contributed by atoms with Crippen molar-refractivity contribution in [2.45, 2.75) is 33.1 Å². The largest absolute Gasteiger partial charge is 0.349 e. The van der Waals surface area contributed by atoms with Crippen molar-refractivity contribution in [1.29, 1.82) is 0 Å². The zero-order valence-electron chi connectivity index (χ0n) is 14.3. The number of carbonyl (C=O) groups excluding carboxylic acids is 2. The summed E-state index contributed by atoms with van der Waals surface area (Å²) in [7, 11) is 0. The Morgan fingerprint density at radius 3 is 2.67 bits per heavy atom. The summed E-state index contributed by atoms with van der Waals surface area (Å²) in [6.07, 6.45) is 4.99. The van der Waals surface area contributed by atoms with E-state index in [1.807, 2.05) is 36.9 Å². The lowest BCUT2D eigenvalue weighted by molar-refractivity contribution is 0.0721. The van der Waals surface area contributed by atoms with Crippen LogP contribution in [0.2, 0.25) is 0 Å². The minimum absolute atomic E-state index is 0.0821. The Kier molecular flexibility index (Phi) is 4.83. The van der Waals surface area contributed by atoms with Gasteiger partial charge in [0, 0.05) is 25.8 Å². The van der Waals surface area contributed by atoms with Crippen LogP contribution in [0.4, 0.5) is 0 Å². The molecule has 128 valence electrons. The first-order valence-electron chi connectivity index (χ1n) is 8.62. The number of hydrogen-bond acceptors (Lipinski definition) is 3. The Balaban J connectivity index is 1.94. The van der Waals surface area contributed by atoms with Gasteiger partial charge in [-0.25, -0.2) is 4.98 Å². The second kappa shape index (κ2) is 7.03. The molecular formula is C18H24N4O2. The summed E-state index contributed by atoms with van der Waals surface area (Å²) in [5.41, 5.74) is 1.05. The van der Waals surface area contributed by atoms with Gasteiger partial charge in [-0.05, 0) is 37.3 Å². The SMILES string of the molecule is CC(C)CNC(=O)c1nc(C(=O)N2CCCCC2)c2ccccn12. The Labute approximate surface area is 141 Å². The van der Waals surface area contributed by atoms with Crippen molar-refractivity contribution >= 4 is 17.3 Å². The highest BCUT2D eigenvalue weighted by Crippen LogP contribution is 2.18. The molecule has 2 aromatic rings. The highest BCUT2D eigenvalue weighted by atomic mass is 16.2. The van der Waals surface area contributed by atoms with Crippen LogP contribution >= 0.6 is 0 Å². The monoisotopic (exact) mass is 328 g/mol. The minimum Gasteiger partial charge on any atom is -0.349 e. The summed E-state index contributed by atoms with van der Waals surface area (Å²) in [6.45, 7) is 6.18. The van der Waals surface area contributed by atoms with Crippen LogP contribution in [0, 0.1) is 5.92 Å². The quantitative estimate of drug-likeness (QED) is 0.937. The maximum Gasteiger partial charge on any atom is 0.287 e. The van der Waals surface area contributed by atoms with E-state index in [0.717, 1.165) is 32.4 Å². The topological polar surface area (TPSA) is 66.7 Å². The molecule has 0 aliphatic carbocycles. The zero-order valence-corrected chi connectivity index (χ0v) is 14.3. The highest BCUT2D eigenvalue weighted by molar-refractivity contribution is 6.02. The summed E-state index contributed by atoms with van der Waals surface area (Å²) < 4.78 is 1.70. The standard InChI is InChI=1S/C18H24N4O2/c1-13(2)12-19-17(23)16-20-15(14-8-4-7-11-22(14)16)18(24)21-9-5-3-6-10-21/h4,7-8,11,13H,3,5-6,9-10,12H2,1-2H3,(H,19,23). The molecule has 2 aromatic heterocycles. The van der Waals surface area contributed by atoms with Crippen molar-refractivity contribution in [3.8, 4) is 0 Å². The number of carbonyl (C=O) groups is 2. The average Bonchev–Trinajstić information content (AvgIpc) is 2.99. The number of amides is 2. The second-order valence-corrected chi connectivity index (χ2v) is 6.70. The second-order valence-electron chi connectivity index (χ2n) is 6.70. The smallest absolute Gasteiger partial charge is 0.287 e. The first-order chi connectivity index (χ1) is 11.6. The Morgan fingerprint density at radius 2 is 1.96 bits per heavy atom. The van der Waals surface area contributed by atoms with Crippen LogP contribution in [0.1, 0.15) is 54.2 Å². The van der Waals surface area contributed by atoms with Gasteiger partial charge in [0.1, 0.15) is 0 Å². The lowest BCUT2D eigenvalue weighted by Gasteiger charge is -2.25. The van der Waals surface area contributed by atoms with Gasteiger partial charge >= 0.3 is 0 Å². The number of nitrogens with one attached hydrogen (secondary N) is 1. The fourth-order valence-electron chi connectivity index (χ4n) is 2.98. The Hall–Kier alpha value is -2.37. The van der Waals surface area contributed by atoms with Gasteiger partial charge in [-0.15, -0.1) is 0 Å². The van der Waals surface area contributed by atoms with Crippen molar-refractivity contribution < 1.29 is 9.59 Å². The molecular weight excluding hydrogens is 304 g/mol. The molecule has 3 heterocycles. The number of pyridine rings is 1. The van der Waals surface area contributed by atoms with Gasteiger partial charge in [-0.2, -0.15) is 0 Å². The number of imidazole rings is 1. The first kappa shape index (κ1) is 16.5. The van der Waals surface area contributed by atoms with Gasteiger partial charge in [0.2, 0.25) is 5.82 Å². The van der Waals surface area contributed by atoms with E-state index < -0.39 is 0 Å². The van der Waals surface area contributed by atoms with Crippen LogP contribution in [0.15, 0.2) is 24.4 Å². The predicted octanol–water partition coefficient (Wildman–Crippen LogP) is 2.35. The van der Waals surface area contributed by atoms with Crippen LogP contribution in [-0.2, 0) is 0 Å². The van der Waals surface area contributed by atoms with E-state index in [-0.39, 0.29) is 17.6 Å². The molecule has 24 heavy (non-hydrogen) atoms. The molecule has 0 bridgehead atoms. The molecule has 6 nitrogen and oxygen atoms in total. The predicted molar refractivity (Wildman–Crippen MR) is 92.1 cm³/mol. The van der Waals surface area contributed by atoms with Gasteiger partial charge in [0.25, 0.3) is 11.8 Å². The molecule has 0 aromatic carbocycles. The lowest BCUT2D eigenvalue weighted by Crippen LogP contribution is -2.36. The van der Waals surface area contributed by atoms with E-state index in [0.29, 0.717) is 23.7 Å². The summed E-state index contributed by atoms with van der Waals surface area (Å²) >= 11 is 0. The maximum atomic E-state index is 12.8. The van der Waals surface area contributed by atoms with Crippen molar-refractivity contribution in [3.63, 3.8) is 0 Å². The van der Waals surface area contributed by atoms with Crippen molar-refractivity contribution in [2.24, 2.45) is 5.92 Å². The molecule has 1 aliphatic rings. The molecule has 1 N–H and O–H groups in total. The van der Waals surface area contributed by atoms with E-state index in [4.69, 9.17) is 0 Å². The molecule has 6 heteroatoms. The minimum atomic E-state index is -0.248. The molecule has 3 rings (SSSR count). The number of rotatable bonds is 4. The third kappa shape index (κ3) is 3.27.